The molecular weight excluding hydrogens is 230 g/mol. The molecule has 5 heteroatoms. The summed E-state index contributed by atoms with van der Waals surface area (Å²) >= 11 is 0. The molecule has 0 saturated heterocycles. The van der Waals surface area contributed by atoms with Gasteiger partial charge in [0.15, 0.2) is 0 Å². The van der Waals surface area contributed by atoms with Crippen LogP contribution in [0.1, 0.15) is 34.1 Å². The maximum atomic E-state index is 11.3. The number of carboxylic acid groups (broad SMARTS) is 1. The van der Waals surface area contributed by atoms with Gasteiger partial charge < -0.3 is 21.6 Å². The van der Waals surface area contributed by atoms with E-state index in [2.05, 4.69) is 4.98 Å². The number of hydrogen-bond acceptors (Lipinski definition) is 3. The van der Waals surface area contributed by atoms with Gasteiger partial charge in [0.05, 0.1) is 5.56 Å². The summed E-state index contributed by atoms with van der Waals surface area (Å²) in [5.41, 5.74) is 15.1. The number of benzene rings is 1. The third kappa shape index (κ3) is 1.52. The maximum Gasteiger partial charge on any atom is 0.336 e. The Morgan fingerprint density at radius 1 is 1.39 bits per heavy atom. The van der Waals surface area contributed by atoms with Gasteiger partial charge in [0.2, 0.25) is 0 Å². The van der Waals surface area contributed by atoms with Crippen molar-refractivity contribution in [2.75, 3.05) is 0 Å². The van der Waals surface area contributed by atoms with Crippen LogP contribution >= 0.6 is 0 Å². The van der Waals surface area contributed by atoms with E-state index in [0.717, 1.165) is 28.6 Å². The van der Waals surface area contributed by atoms with Gasteiger partial charge in [0, 0.05) is 35.1 Å². The second-order valence-corrected chi connectivity index (χ2v) is 4.86. The summed E-state index contributed by atoms with van der Waals surface area (Å²) < 4.78 is 0. The summed E-state index contributed by atoms with van der Waals surface area (Å²) in [6.07, 6.45) is 1.41. The predicted molar refractivity (Wildman–Crippen MR) is 68.5 cm³/mol. The molecule has 0 amide bonds. The molecule has 2 aromatic rings. The molecule has 1 aromatic heterocycles. The van der Waals surface area contributed by atoms with E-state index in [1.165, 1.54) is 0 Å². The monoisotopic (exact) mass is 245 g/mol. The minimum absolute atomic E-state index is 0.0360. The molecular formula is C13H15N3O2. The molecule has 2 atom stereocenters. The zero-order chi connectivity index (χ0) is 12.9. The zero-order valence-electron chi connectivity index (χ0n) is 9.81. The van der Waals surface area contributed by atoms with E-state index in [0.29, 0.717) is 12.0 Å². The molecule has 0 radical (unpaired) electrons. The highest BCUT2D eigenvalue weighted by Crippen LogP contribution is 2.35. The molecule has 6 N–H and O–H groups in total. The Kier molecular flexibility index (Phi) is 2.39. The van der Waals surface area contributed by atoms with E-state index in [9.17, 15) is 9.90 Å². The van der Waals surface area contributed by atoms with Crippen molar-refractivity contribution in [3.05, 3.63) is 35.0 Å². The van der Waals surface area contributed by atoms with Gasteiger partial charge >= 0.3 is 5.97 Å². The molecule has 0 fully saturated rings. The van der Waals surface area contributed by atoms with E-state index in [4.69, 9.17) is 11.5 Å². The van der Waals surface area contributed by atoms with Crippen LogP contribution in [-0.4, -0.2) is 22.1 Å². The van der Waals surface area contributed by atoms with Crippen molar-refractivity contribution in [3.63, 3.8) is 0 Å². The summed E-state index contributed by atoms with van der Waals surface area (Å²) in [6, 6.07) is 5.06. The quantitative estimate of drug-likeness (QED) is 0.604. The number of fused-ring (bicyclic) bond motifs is 3. The summed E-state index contributed by atoms with van der Waals surface area (Å²) in [6.45, 7) is 0. The smallest absolute Gasteiger partial charge is 0.336 e. The SMILES string of the molecule is NC1Cc2[nH]c3cccc(C(=O)O)c3c2C(N)C1. The molecule has 1 aliphatic carbocycles. The van der Waals surface area contributed by atoms with E-state index in [1.54, 1.807) is 12.1 Å². The fraction of sp³-hybridized carbons (Fsp3) is 0.308. The normalized spacial score (nSPS) is 23.0. The van der Waals surface area contributed by atoms with Crippen LogP contribution in [0.5, 0.6) is 0 Å². The lowest BCUT2D eigenvalue weighted by Gasteiger charge is -2.24. The predicted octanol–water partition coefficient (Wildman–Crippen LogP) is 1.14. The third-order valence-electron chi connectivity index (χ3n) is 3.57. The van der Waals surface area contributed by atoms with Crippen LogP contribution in [0, 0.1) is 0 Å². The molecule has 0 spiro atoms. The van der Waals surface area contributed by atoms with Crippen LogP contribution in [0.4, 0.5) is 0 Å². The second-order valence-electron chi connectivity index (χ2n) is 4.86. The number of nitrogens with one attached hydrogen (secondary N) is 1. The highest BCUT2D eigenvalue weighted by Gasteiger charge is 2.28. The van der Waals surface area contributed by atoms with Crippen molar-refractivity contribution in [1.29, 1.82) is 0 Å². The first-order valence-electron chi connectivity index (χ1n) is 5.96. The molecule has 0 aliphatic heterocycles. The Bertz CT molecular complexity index is 632. The first kappa shape index (κ1) is 11.3. The number of carboxylic acids is 1. The summed E-state index contributed by atoms with van der Waals surface area (Å²) in [5.74, 6) is -0.926. The first-order valence-corrected chi connectivity index (χ1v) is 5.96. The van der Waals surface area contributed by atoms with Crippen molar-refractivity contribution in [2.45, 2.75) is 24.9 Å². The van der Waals surface area contributed by atoms with E-state index >= 15 is 0 Å². The van der Waals surface area contributed by atoms with E-state index in [-0.39, 0.29) is 12.1 Å². The third-order valence-corrected chi connectivity index (χ3v) is 3.57. The zero-order valence-corrected chi connectivity index (χ0v) is 9.81. The molecule has 5 nitrogen and oxygen atoms in total. The minimum atomic E-state index is -0.926. The largest absolute Gasteiger partial charge is 0.478 e. The van der Waals surface area contributed by atoms with Crippen molar-refractivity contribution in [2.24, 2.45) is 11.5 Å². The van der Waals surface area contributed by atoms with E-state index in [1.807, 2.05) is 6.07 Å². The summed E-state index contributed by atoms with van der Waals surface area (Å²) in [7, 11) is 0. The second kappa shape index (κ2) is 3.83. The lowest BCUT2D eigenvalue weighted by atomic mass is 9.87. The van der Waals surface area contributed by atoms with Gasteiger partial charge in [0.1, 0.15) is 0 Å². The lowest BCUT2D eigenvalue weighted by molar-refractivity contribution is 0.0699. The Morgan fingerprint density at radius 2 is 2.17 bits per heavy atom. The maximum absolute atomic E-state index is 11.3. The number of aromatic nitrogens is 1. The number of aromatic carboxylic acids is 1. The molecule has 0 saturated carbocycles. The Labute approximate surface area is 104 Å². The van der Waals surface area contributed by atoms with Gasteiger partial charge in [-0.3, -0.25) is 0 Å². The highest BCUT2D eigenvalue weighted by atomic mass is 16.4. The van der Waals surface area contributed by atoms with Crippen molar-refractivity contribution in [3.8, 4) is 0 Å². The van der Waals surface area contributed by atoms with Crippen LogP contribution in [-0.2, 0) is 6.42 Å². The molecule has 18 heavy (non-hydrogen) atoms. The number of hydrogen-bond donors (Lipinski definition) is 4. The molecule has 1 aliphatic rings. The highest BCUT2D eigenvalue weighted by molar-refractivity contribution is 6.05. The van der Waals surface area contributed by atoms with Crippen LogP contribution in [0.2, 0.25) is 0 Å². The fourth-order valence-electron chi connectivity index (χ4n) is 2.87. The molecule has 2 unspecified atom stereocenters. The molecule has 0 bridgehead atoms. The van der Waals surface area contributed by atoms with Gasteiger partial charge in [-0.1, -0.05) is 6.07 Å². The van der Waals surface area contributed by atoms with Crippen molar-refractivity contribution >= 4 is 16.9 Å². The van der Waals surface area contributed by atoms with Gasteiger partial charge in [-0.05, 0) is 24.1 Å². The fourth-order valence-corrected chi connectivity index (χ4v) is 2.87. The average molecular weight is 245 g/mol. The Morgan fingerprint density at radius 3 is 2.89 bits per heavy atom. The minimum Gasteiger partial charge on any atom is -0.478 e. The molecule has 3 rings (SSSR count). The molecule has 1 heterocycles. The van der Waals surface area contributed by atoms with Crippen LogP contribution < -0.4 is 11.5 Å². The standard InChI is InChI=1S/C13H15N3O2/c14-6-4-8(15)12-10(5-6)16-9-3-1-2-7(11(9)12)13(17)18/h1-3,6,8,16H,4-5,14-15H2,(H,17,18). The van der Waals surface area contributed by atoms with Gasteiger partial charge in [-0.2, -0.15) is 0 Å². The number of rotatable bonds is 1. The topological polar surface area (TPSA) is 105 Å². The lowest BCUT2D eigenvalue weighted by Crippen LogP contribution is -2.33. The molecule has 94 valence electrons. The average Bonchev–Trinajstić information content (AvgIpc) is 2.65. The van der Waals surface area contributed by atoms with Crippen LogP contribution in [0.25, 0.3) is 10.9 Å². The van der Waals surface area contributed by atoms with Gasteiger partial charge in [-0.15, -0.1) is 0 Å². The van der Waals surface area contributed by atoms with Crippen molar-refractivity contribution in [1.82, 2.24) is 4.98 Å². The van der Waals surface area contributed by atoms with Gasteiger partial charge in [0.25, 0.3) is 0 Å². The Balaban J connectivity index is 2.33. The number of H-pyrrole nitrogens is 1. The summed E-state index contributed by atoms with van der Waals surface area (Å²) in [4.78, 5) is 14.5. The number of carbonyl (C=O) groups is 1. The van der Waals surface area contributed by atoms with Crippen molar-refractivity contribution < 1.29 is 9.90 Å². The van der Waals surface area contributed by atoms with Gasteiger partial charge in [-0.25, -0.2) is 4.79 Å². The first-order chi connectivity index (χ1) is 8.58. The van der Waals surface area contributed by atoms with Crippen LogP contribution in [0.3, 0.4) is 0 Å². The number of nitrogens with two attached hydrogens (primary N) is 2. The van der Waals surface area contributed by atoms with Crippen LogP contribution in [0.15, 0.2) is 18.2 Å². The number of aromatic amines is 1. The Hall–Kier alpha value is -1.85. The summed E-state index contributed by atoms with van der Waals surface area (Å²) in [5, 5.41) is 10.00. The molecule has 1 aromatic carbocycles. The van der Waals surface area contributed by atoms with E-state index < -0.39 is 5.97 Å².